The van der Waals surface area contributed by atoms with Crippen LogP contribution in [-0.4, -0.2) is 60.7 Å². The molecule has 5 rings (SSSR count). The van der Waals surface area contributed by atoms with E-state index < -0.39 is 56.6 Å². The van der Waals surface area contributed by atoms with Crippen LogP contribution in [0.25, 0.3) is 0 Å². The Morgan fingerprint density at radius 3 is 2.25 bits per heavy atom. The molecule has 1 aliphatic carbocycles. The summed E-state index contributed by atoms with van der Waals surface area (Å²) in [7, 11) is -5.96. The third kappa shape index (κ3) is 9.29. The molecule has 3 unspecified atom stereocenters. The van der Waals surface area contributed by atoms with Crippen molar-refractivity contribution in [2.24, 2.45) is 0 Å². The minimum absolute atomic E-state index is 0.0507. The number of halogens is 3. The van der Waals surface area contributed by atoms with Gasteiger partial charge in [-0.3, -0.25) is 14.4 Å². The number of amides is 5. The Labute approximate surface area is 300 Å². The lowest BCUT2D eigenvalue weighted by Gasteiger charge is -2.37. The van der Waals surface area contributed by atoms with Crippen LogP contribution in [0.5, 0.6) is 0 Å². The molecule has 1 saturated carbocycles. The maximum atomic E-state index is 14.5. The number of hydrogen-bond acceptors (Lipinski definition) is 6. The number of anilines is 1. The van der Waals surface area contributed by atoms with Crippen molar-refractivity contribution in [3.05, 3.63) is 101 Å². The first-order valence-corrected chi connectivity index (χ1v) is 18.6. The number of urea groups is 1. The molecule has 2 aliphatic rings. The van der Waals surface area contributed by atoms with E-state index in [-0.39, 0.29) is 30.5 Å². The van der Waals surface area contributed by atoms with Gasteiger partial charge >= 0.3 is 21.6 Å². The van der Waals surface area contributed by atoms with E-state index in [0.717, 1.165) is 65.6 Å². The van der Waals surface area contributed by atoms with Gasteiger partial charge in [-0.15, -0.1) is 0 Å². The van der Waals surface area contributed by atoms with Crippen LogP contribution >= 0.6 is 0 Å². The third-order valence-electron chi connectivity index (χ3n) is 9.73. The average molecular weight is 742 g/mol. The zero-order chi connectivity index (χ0) is 37.7. The molecule has 0 bridgehead atoms. The van der Waals surface area contributed by atoms with Crippen LogP contribution in [0, 0.1) is 6.92 Å². The molecule has 11 nitrogen and oxygen atoms in total. The number of nitrogens with one attached hydrogen (secondary N) is 4. The standard InChI is InChI=1S/C37H42F3N5O6S/c1-24-12-7-8-17-29(24)27-21-30(42-35(49)41-28-16-11-15-26(20-28)33(47)44-52(50,51)37(38,39)40)34(48)45(31(22-27)25-13-5-3-6-14-25)23-32(46)43-36(2)18-9-4-10-19-36/h3,5-8,11-17,20,27,30-31H,4,9-10,18-19,21-23H2,1-2H3,(H,43,46)(H,44,47)(H2,41,42,49). The van der Waals surface area contributed by atoms with Gasteiger partial charge in [0.25, 0.3) is 5.91 Å². The fourth-order valence-corrected chi connectivity index (χ4v) is 7.60. The second kappa shape index (κ2) is 15.8. The maximum absolute atomic E-state index is 14.5. The summed E-state index contributed by atoms with van der Waals surface area (Å²) in [6.07, 6.45) is 5.39. The summed E-state index contributed by atoms with van der Waals surface area (Å²) in [5.41, 5.74) is -3.81. The quantitative estimate of drug-likeness (QED) is 0.210. The minimum atomic E-state index is -5.96. The van der Waals surface area contributed by atoms with Crippen LogP contribution in [0.3, 0.4) is 0 Å². The topological polar surface area (TPSA) is 154 Å². The summed E-state index contributed by atoms with van der Waals surface area (Å²) in [4.78, 5) is 55.6. The molecule has 1 saturated heterocycles. The number of likely N-dealkylation sites (tertiary alicyclic amines) is 1. The highest BCUT2D eigenvalue weighted by atomic mass is 32.2. The van der Waals surface area contributed by atoms with E-state index in [1.165, 1.54) is 17.0 Å². The number of carbonyl (C=O) groups excluding carboxylic acids is 4. The Balaban J connectivity index is 1.42. The first kappa shape index (κ1) is 38.3. The van der Waals surface area contributed by atoms with E-state index in [2.05, 4.69) is 16.0 Å². The van der Waals surface area contributed by atoms with Gasteiger partial charge in [0.2, 0.25) is 11.8 Å². The summed E-state index contributed by atoms with van der Waals surface area (Å²) in [6.45, 7) is 3.74. The van der Waals surface area contributed by atoms with Gasteiger partial charge in [-0.25, -0.2) is 9.52 Å². The van der Waals surface area contributed by atoms with Crippen LogP contribution in [0.15, 0.2) is 78.9 Å². The van der Waals surface area contributed by atoms with E-state index in [9.17, 15) is 40.8 Å². The SMILES string of the molecule is Cc1ccccc1C1CC(NC(=O)Nc2cccc(C(=O)NS(=O)(=O)C(F)(F)F)c2)C(=O)N(CC(=O)NC2(C)CCCCC2)C(c2ccccc2)C1. The fourth-order valence-electron chi connectivity index (χ4n) is 7.12. The zero-order valence-electron chi connectivity index (χ0n) is 28.8. The van der Waals surface area contributed by atoms with Gasteiger partial charge in [0.15, 0.2) is 0 Å². The minimum Gasteiger partial charge on any atom is -0.349 e. The van der Waals surface area contributed by atoms with E-state index in [0.29, 0.717) is 6.42 Å². The predicted molar refractivity (Wildman–Crippen MR) is 189 cm³/mol. The lowest BCUT2D eigenvalue weighted by Crippen LogP contribution is -2.54. The Hall–Kier alpha value is -4.92. The number of nitrogens with zero attached hydrogens (tertiary/aromatic N) is 1. The smallest absolute Gasteiger partial charge is 0.349 e. The van der Waals surface area contributed by atoms with Gasteiger partial charge in [-0.2, -0.15) is 21.6 Å². The number of alkyl halides is 3. The first-order chi connectivity index (χ1) is 24.5. The summed E-state index contributed by atoms with van der Waals surface area (Å²) in [5.74, 6) is -2.56. The Bertz CT molecular complexity index is 1900. The van der Waals surface area contributed by atoms with Crippen LogP contribution in [0.4, 0.5) is 23.7 Å². The van der Waals surface area contributed by atoms with Gasteiger partial charge < -0.3 is 20.9 Å². The lowest BCUT2D eigenvalue weighted by atomic mass is 9.83. The van der Waals surface area contributed by atoms with Crippen LogP contribution < -0.4 is 20.7 Å². The number of aryl methyl sites for hydroxylation is 1. The number of rotatable bonds is 9. The van der Waals surface area contributed by atoms with Crippen LogP contribution in [-0.2, 0) is 19.6 Å². The normalized spacial score (nSPS) is 20.7. The predicted octanol–water partition coefficient (Wildman–Crippen LogP) is 6.05. The molecule has 1 aliphatic heterocycles. The van der Waals surface area contributed by atoms with E-state index in [4.69, 9.17) is 0 Å². The molecule has 0 spiro atoms. The Morgan fingerprint density at radius 2 is 1.58 bits per heavy atom. The molecule has 5 amide bonds. The number of hydrogen-bond donors (Lipinski definition) is 4. The monoisotopic (exact) mass is 741 g/mol. The van der Waals surface area contributed by atoms with Crippen molar-refractivity contribution in [1.82, 2.24) is 20.3 Å². The van der Waals surface area contributed by atoms with E-state index in [1.54, 1.807) is 0 Å². The van der Waals surface area contributed by atoms with Crippen molar-refractivity contribution in [2.45, 2.75) is 87.8 Å². The second-order valence-electron chi connectivity index (χ2n) is 13.7. The molecule has 0 radical (unpaired) electrons. The highest BCUT2D eigenvalue weighted by Crippen LogP contribution is 2.40. The Kier molecular flexibility index (Phi) is 11.6. The molecular weight excluding hydrogens is 699 g/mol. The molecular formula is C37H42F3N5O6S. The van der Waals surface area contributed by atoms with Gasteiger partial charge in [0, 0.05) is 16.8 Å². The maximum Gasteiger partial charge on any atom is 0.516 e. The van der Waals surface area contributed by atoms with Crippen LogP contribution in [0.2, 0.25) is 0 Å². The molecule has 278 valence electrons. The summed E-state index contributed by atoms with van der Waals surface area (Å²) >= 11 is 0. The molecule has 15 heteroatoms. The van der Waals surface area contributed by atoms with Crippen molar-refractivity contribution in [2.75, 3.05) is 11.9 Å². The molecule has 3 aromatic rings. The molecule has 3 atom stereocenters. The molecule has 2 fully saturated rings. The molecule has 1 heterocycles. The summed E-state index contributed by atoms with van der Waals surface area (Å²) < 4.78 is 62.3. The van der Waals surface area contributed by atoms with Gasteiger partial charge in [0.1, 0.15) is 12.6 Å². The van der Waals surface area contributed by atoms with E-state index >= 15 is 0 Å². The zero-order valence-corrected chi connectivity index (χ0v) is 29.6. The Morgan fingerprint density at radius 1 is 0.904 bits per heavy atom. The average Bonchev–Trinajstić information content (AvgIpc) is 3.21. The largest absolute Gasteiger partial charge is 0.516 e. The van der Waals surface area contributed by atoms with Gasteiger partial charge in [-0.05, 0) is 80.3 Å². The van der Waals surface area contributed by atoms with Crippen molar-refractivity contribution < 1.29 is 40.8 Å². The van der Waals surface area contributed by atoms with Crippen molar-refractivity contribution in [3.8, 4) is 0 Å². The van der Waals surface area contributed by atoms with Crippen molar-refractivity contribution >= 4 is 39.5 Å². The highest BCUT2D eigenvalue weighted by Gasteiger charge is 2.47. The molecule has 52 heavy (non-hydrogen) atoms. The second-order valence-corrected chi connectivity index (χ2v) is 15.4. The number of sulfonamides is 1. The van der Waals surface area contributed by atoms with E-state index in [1.807, 2.05) is 68.4 Å². The van der Waals surface area contributed by atoms with Gasteiger partial charge in [0.05, 0.1) is 6.04 Å². The summed E-state index contributed by atoms with van der Waals surface area (Å²) in [5, 5.41) is 8.39. The molecule has 4 N–H and O–H groups in total. The highest BCUT2D eigenvalue weighted by molar-refractivity contribution is 7.90. The molecule has 3 aromatic carbocycles. The number of carbonyl (C=O) groups is 4. The fraction of sp³-hybridized carbons (Fsp3) is 0.405. The summed E-state index contributed by atoms with van der Waals surface area (Å²) in [6, 6.07) is 19.3. The lowest BCUT2D eigenvalue weighted by molar-refractivity contribution is -0.140. The first-order valence-electron chi connectivity index (χ1n) is 17.1. The van der Waals surface area contributed by atoms with Gasteiger partial charge in [-0.1, -0.05) is 79.9 Å². The third-order valence-corrected chi connectivity index (χ3v) is 10.8. The van der Waals surface area contributed by atoms with Crippen molar-refractivity contribution in [1.29, 1.82) is 0 Å². The molecule has 0 aromatic heterocycles. The number of benzene rings is 3. The van der Waals surface area contributed by atoms with Crippen molar-refractivity contribution in [3.63, 3.8) is 0 Å². The van der Waals surface area contributed by atoms with Crippen LogP contribution in [0.1, 0.15) is 90.9 Å².